The van der Waals surface area contributed by atoms with E-state index in [-0.39, 0.29) is 11.5 Å². The average Bonchev–Trinajstić information content (AvgIpc) is 3.41. The van der Waals surface area contributed by atoms with E-state index in [2.05, 4.69) is 41.5 Å². The Morgan fingerprint density at radius 1 is 1.19 bits per heavy atom. The van der Waals surface area contributed by atoms with Crippen molar-refractivity contribution in [1.82, 2.24) is 24.5 Å². The first-order valence-corrected chi connectivity index (χ1v) is 12.3. The molecule has 3 heterocycles. The summed E-state index contributed by atoms with van der Waals surface area (Å²) in [7, 11) is 0. The number of aryl methyl sites for hydroxylation is 1. The molecule has 0 aliphatic carbocycles. The number of nitrogens with zero attached hydrogens (tertiary/aromatic N) is 4. The van der Waals surface area contributed by atoms with Gasteiger partial charge in [-0.1, -0.05) is 26.0 Å². The summed E-state index contributed by atoms with van der Waals surface area (Å²) in [5, 5.41) is 13.5. The Hall–Kier alpha value is -2.65. The van der Waals surface area contributed by atoms with Crippen LogP contribution in [0.4, 0.5) is 0 Å². The van der Waals surface area contributed by atoms with E-state index in [9.17, 15) is 9.59 Å². The molecule has 1 amide bonds. The average molecular weight is 456 g/mol. The van der Waals surface area contributed by atoms with Gasteiger partial charge in [-0.15, -0.1) is 33.3 Å². The minimum absolute atomic E-state index is 0.0321. The molecule has 3 aromatic heterocycles. The lowest BCUT2D eigenvalue weighted by molar-refractivity contribution is -0.121. The van der Waals surface area contributed by atoms with Crippen LogP contribution in [0.2, 0.25) is 0 Å². The lowest BCUT2D eigenvalue weighted by atomic mass is 10.2. The topological polar surface area (TPSA) is 81.3 Å². The summed E-state index contributed by atoms with van der Waals surface area (Å²) in [4.78, 5) is 26.5. The SMILES string of the molecule is CSc1ccc(CNC(=O)CCc2nnc3n(CC(C)C)c(=O)c4sccc4n23)cc1. The second kappa shape index (κ2) is 9.23. The number of carbonyl (C=O) groups is 1. The van der Waals surface area contributed by atoms with Gasteiger partial charge in [0, 0.05) is 30.8 Å². The van der Waals surface area contributed by atoms with Gasteiger partial charge in [-0.3, -0.25) is 18.6 Å². The summed E-state index contributed by atoms with van der Waals surface area (Å²) in [6, 6.07) is 10.1. The number of thiophene rings is 1. The summed E-state index contributed by atoms with van der Waals surface area (Å²) in [6.07, 6.45) is 2.79. The van der Waals surface area contributed by atoms with Crippen molar-refractivity contribution in [3.63, 3.8) is 0 Å². The maximum absolute atomic E-state index is 12.9. The van der Waals surface area contributed by atoms with Crippen LogP contribution in [-0.4, -0.2) is 31.3 Å². The van der Waals surface area contributed by atoms with Crippen molar-refractivity contribution in [2.24, 2.45) is 5.92 Å². The Balaban J connectivity index is 1.51. The van der Waals surface area contributed by atoms with Crippen LogP contribution in [0.5, 0.6) is 0 Å². The van der Waals surface area contributed by atoms with Crippen molar-refractivity contribution in [3.8, 4) is 0 Å². The van der Waals surface area contributed by atoms with Gasteiger partial charge in [0.25, 0.3) is 5.56 Å². The maximum Gasteiger partial charge on any atom is 0.272 e. The zero-order valence-electron chi connectivity index (χ0n) is 17.8. The van der Waals surface area contributed by atoms with E-state index in [0.717, 1.165) is 11.1 Å². The highest BCUT2D eigenvalue weighted by molar-refractivity contribution is 7.98. The molecule has 4 aromatic rings. The molecule has 0 unspecified atom stereocenters. The Morgan fingerprint density at radius 3 is 2.68 bits per heavy atom. The fourth-order valence-electron chi connectivity index (χ4n) is 3.53. The molecule has 0 bridgehead atoms. The first kappa shape index (κ1) is 21.6. The molecule has 1 aromatic carbocycles. The van der Waals surface area contributed by atoms with Crippen molar-refractivity contribution >= 4 is 45.0 Å². The van der Waals surface area contributed by atoms with Crippen LogP contribution in [0, 0.1) is 5.92 Å². The molecule has 0 atom stereocenters. The molecule has 1 N–H and O–H groups in total. The second-order valence-electron chi connectivity index (χ2n) is 7.82. The van der Waals surface area contributed by atoms with Crippen molar-refractivity contribution < 1.29 is 4.79 Å². The molecule has 7 nitrogen and oxygen atoms in total. The van der Waals surface area contributed by atoms with E-state index in [0.29, 0.717) is 48.2 Å². The van der Waals surface area contributed by atoms with Gasteiger partial charge in [0.05, 0.1) is 5.52 Å². The minimum Gasteiger partial charge on any atom is -0.352 e. The van der Waals surface area contributed by atoms with Crippen LogP contribution in [0.25, 0.3) is 16.0 Å². The van der Waals surface area contributed by atoms with E-state index in [1.807, 2.05) is 34.2 Å². The van der Waals surface area contributed by atoms with Gasteiger partial charge in [-0.2, -0.15) is 0 Å². The number of nitrogens with one attached hydrogen (secondary N) is 1. The number of benzene rings is 1. The second-order valence-corrected chi connectivity index (χ2v) is 9.62. The van der Waals surface area contributed by atoms with Crippen molar-refractivity contribution in [1.29, 1.82) is 0 Å². The number of carbonyl (C=O) groups excluding carboxylic acids is 1. The predicted molar refractivity (Wildman–Crippen MR) is 126 cm³/mol. The van der Waals surface area contributed by atoms with Crippen LogP contribution in [0.3, 0.4) is 0 Å². The quantitative estimate of drug-likeness (QED) is 0.410. The van der Waals surface area contributed by atoms with E-state index < -0.39 is 0 Å². The normalized spacial score (nSPS) is 11.6. The van der Waals surface area contributed by atoms with Crippen LogP contribution < -0.4 is 10.9 Å². The van der Waals surface area contributed by atoms with Gasteiger partial charge in [-0.05, 0) is 41.3 Å². The number of hydrogen-bond acceptors (Lipinski definition) is 6. The summed E-state index contributed by atoms with van der Waals surface area (Å²) in [5.74, 6) is 1.49. The van der Waals surface area contributed by atoms with E-state index in [1.54, 1.807) is 16.3 Å². The molecule has 31 heavy (non-hydrogen) atoms. The Morgan fingerprint density at radius 2 is 1.97 bits per heavy atom. The maximum atomic E-state index is 12.9. The smallest absolute Gasteiger partial charge is 0.272 e. The number of aromatic nitrogens is 4. The van der Waals surface area contributed by atoms with Crippen LogP contribution in [-0.2, 0) is 24.3 Å². The fourth-order valence-corrected chi connectivity index (χ4v) is 4.76. The molecule has 0 saturated heterocycles. The van der Waals surface area contributed by atoms with Crippen molar-refractivity contribution in [2.45, 2.75) is 44.7 Å². The molecular weight excluding hydrogens is 430 g/mol. The molecule has 0 spiro atoms. The molecule has 162 valence electrons. The van der Waals surface area contributed by atoms with Gasteiger partial charge in [0.1, 0.15) is 10.5 Å². The zero-order valence-corrected chi connectivity index (χ0v) is 19.4. The molecule has 0 saturated carbocycles. The lowest BCUT2D eigenvalue weighted by Crippen LogP contribution is -2.25. The highest BCUT2D eigenvalue weighted by Crippen LogP contribution is 2.21. The number of fused-ring (bicyclic) bond motifs is 3. The molecule has 4 rings (SSSR count). The number of amides is 1. The summed E-state index contributed by atoms with van der Waals surface area (Å²) in [6.45, 7) is 5.20. The van der Waals surface area contributed by atoms with Crippen molar-refractivity contribution in [2.75, 3.05) is 6.26 Å². The third-order valence-corrected chi connectivity index (χ3v) is 6.69. The molecule has 0 aliphatic heterocycles. The first-order valence-electron chi connectivity index (χ1n) is 10.2. The van der Waals surface area contributed by atoms with Gasteiger partial charge < -0.3 is 5.32 Å². The third kappa shape index (κ3) is 4.52. The largest absolute Gasteiger partial charge is 0.352 e. The number of hydrogen-bond donors (Lipinski definition) is 1. The van der Waals surface area contributed by atoms with E-state index in [4.69, 9.17) is 0 Å². The standard InChI is InChI=1S/C22H25N5O2S2/c1-14(2)13-26-21(29)20-17(10-11-31-20)27-18(24-25-22(26)27)8-9-19(28)23-12-15-4-6-16(30-3)7-5-15/h4-7,10-11,14H,8-9,12-13H2,1-3H3,(H,23,28). The highest BCUT2D eigenvalue weighted by Gasteiger charge is 2.18. The van der Waals surface area contributed by atoms with Gasteiger partial charge >= 0.3 is 0 Å². The zero-order chi connectivity index (χ0) is 22.0. The summed E-state index contributed by atoms with van der Waals surface area (Å²) < 4.78 is 4.30. The molecular formula is C22H25N5O2S2. The van der Waals surface area contributed by atoms with Crippen LogP contribution >= 0.6 is 23.1 Å². The number of rotatable bonds is 8. The van der Waals surface area contributed by atoms with Gasteiger partial charge in [0.15, 0.2) is 0 Å². The third-order valence-electron chi connectivity index (χ3n) is 5.05. The molecule has 0 aliphatic rings. The first-order chi connectivity index (χ1) is 15.0. The lowest BCUT2D eigenvalue weighted by Gasteiger charge is -2.11. The fraction of sp³-hybridized carbons (Fsp3) is 0.364. The van der Waals surface area contributed by atoms with Crippen LogP contribution in [0.1, 0.15) is 31.7 Å². The summed E-state index contributed by atoms with van der Waals surface area (Å²) in [5.41, 5.74) is 1.84. The minimum atomic E-state index is -0.0391. The Kier molecular flexibility index (Phi) is 6.43. The highest BCUT2D eigenvalue weighted by atomic mass is 32.2. The van der Waals surface area contributed by atoms with E-state index in [1.165, 1.54) is 16.2 Å². The monoisotopic (exact) mass is 455 g/mol. The van der Waals surface area contributed by atoms with Crippen molar-refractivity contribution in [3.05, 3.63) is 57.5 Å². The van der Waals surface area contributed by atoms with E-state index >= 15 is 0 Å². The van der Waals surface area contributed by atoms with Crippen LogP contribution in [0.15, 0.2) is 45.4 Å². The Bertz CT molecular complexity index is 1270. The molecule has 0 radical (unpaired) electrons. The van der Waals surface area contributed by atoms with Gasteiger partial charge in [-0.25, -0.2) is 0 Å². The molecule has 9 heteroatoms. The molecule has 0 fully saturated rings. The predicted octanol–water partition coefficient (Wildman–Crippen LogP) is 3.73. The Labute approximate surface area is 188 Å². The number of thioether (sulfide) groups is 1. The van der Waals surface area contributed by atoms with Gasteiger partial charge in [0.2, 0.25) is 11.7 Å². The summed E-state index contributed by atoms with van der Waals surface area (Å²) >= 11 is 3.12.